The quantitative estimate of drug-likeness (QED) is 0.623. The van der Waals surface area contributed by atoms with Crippen LogP contribution in [-0.4, -0.2) is 28.0 Å². The number of nitrogens with zero attached hydrogens (tertiary/aromatic N) is 1. The Hall–Kier alpha value is -2.92. The number of para-hydroxylation sites is 1. The highest BCUT2D eigenvalue weighted by molar-refractivity contribution is 5.94. The molecule has 0 aliphatic carbocycles. The van der Waals surface area contributed by atoms with Crippen molar-refractivity contribution in [3.8, 4) is 5.75 Å². The van der Waals surface area contributed by atoms with Crippen LogP contribution in [0.25, 0.3) is 10.9 Å². The van der Waals surface area contributed by atoms with Crippen molar-refractivity contribution in [2.45, 2.75) is 64.3 Å². The first-order valence-corrected chi connectivity index (χ1v) is 10.9. The standard InChI is InChI=1S/C26H31N3O2/c1-25(2)15-20(16-26(3,4)29-25)28-24(30)19-11-9-18(10-12-19)17-31-23-13-14-27-22-8-6-5-7-21(22)23/h5-14,20,29H,15-17H2,1-4H3,(H,28,30). The Morgan fingerprint density at radius 1 is 1.03 bits per heavy atom. The Labute approximate surface area is 184 Å². The van der Waals surface area contributed by atoms with E-state index in [1.165, 1.54) is 0 Å². The highest BCUT2D eigenvalue weighted by Crippen LogP contribution is 2.29. The van der Waals surface area contributed by atoms with E-state index in [9.17, 15) is 4.79 Å². The van der Waals surface area contributed by atoms with E-state index in [1.54, 1.807) is 6.20 Å². The van der Waals surface area contributed by atoms with Crippen LogP contribution in [0.15, 0.2) is 60.8 Å². The molecule has 1 aliphatic rings. The largest absolute Gasteiger partial charge is 0.488 e. The molecule has 1 fully saturated rings. The van der Waals surface area contributed by atoms with Gasteiger partial charge in [-0.1, -0.05) is 24.3 Å². The van der Waals surface area contributed by atoms with Gasteiger partial charge in [-0.2, -0.15) is 0 Å². The Kier molecular flexibility index (Phi) is 5.71. The van der Waals surface area contributed by atoms with Gasteiger partial charge >= 0.3 is 0 Å². The Balaban J connectivity index is 1.38. The van der Waals surface area contributed by atoms with E-state index < -0.39 is 0 Å². The van der Waals surface area contributed by atoms with Gasteiger partial charge < -0.3 is 15.4 Å². The molecule has 0 radical (unpaired) electrons. The lowest BCUT2D eigenvalue weighted by molar-refractivity contribution is 0.0873. The molecule has 3 aromatic rings. The van der Waals surface area contributed by atoms with Gasteiger partial charge in [-0.15, -0.1) is 0 Å². The average molecular weight is 418 g/mol. The lowest BCUT2D eigenvalue weighted by atomic mass is 9.79. The molecule has 5 nitrogen and oxygen atoms in total. The number of piperidine rings is 1. The maximum Gasteiger partial charge on any atom is 0.251 e. The molecule has 2 N–H and O–H groups in total. The summed E-state index contributed by atoms with van der Waals surface area (Å²) in [5.74, 6) is 0.787. The van der Waals surface area contributed by atoms with Crippen molar-refractivity contribution >= 4 is 16.8 Å². The normalized spacial score (nSPS) is 17.9. The summed E-state index contributed by atoms with van der Waals surface area (Å²) in [5, 5.41) is 7.87. The zero-order chi connectivity index (χ0) is 22.1. The van der Waals surface area contributed by atoms with Gasteiger partial charge in [0.05, 0.1) is 5.52 Å². The second-order valence-electron chi connectivity index (χ2n) is 9.78. The van der Waals surface area contributed by atoms with Crippen molar-refractivity contribution in [1.82, 2.24) is 15.6 Å². The van der Waals surface area contributed by atoms with Crippen LogP contribution < -0.4 is 15.4 Å². The number of ether oxygens (including phenoxy) is 1. The maximum atomic E-state index is 12.8. The number of fused-ring (bicyclic) bond motifs is 1. The fourth-order valence-corrected chi connectivity index (χ4v) is 4.80. The highest BCUT2D eigenvalue weighted by atomic mass is 16.5. The summed E-state index contributed by atoms with van der Waals surface area (Å²) in [6.07, 6.45) is 3.58. The van der Waals surface area contributed by atoms with Crippen molar-refractivity contribution in [3.05, 3.63) is 71.9 Å². The van der Waals surface area contributed by atoms with Gasteiger partial charge in [-0.25, -0.2) is 0 Å². The third kappa shape index (κ3) is 5.23. The molecule has 0 spiro atoms. The molecule has 2 aromatic carbocycles. The van der Waals surface area contributed by atoms with Crippen molar-refractivity contribution in [2.75, 3.05) is 0 Å². The number of carbonyl (C=O) groups is 1. The Bertz CT molecular complexity index is 1050. The van der Waals surface area contributed by atoms with Gasteiger partial charge in [0, 0.05) is 34.3 Å². The number of aromatic nitrogens is 1. The summed E-state index contributed by atoms with van der Waals surface area (Å²) in [6, 6.07) is 17.6. The second kappa shape index (κ2) is 8.31. The fraction of sp³-hybridized carbons (Fsp3) is 0.385. The molecule has 5 heteroatoms. The van der Waals surface area contributed by atoms with E-state index in [1.807, 2.05) is 54.6 Å². The van der Waals surface area contributed by atoms with Crippen LogP contribution in [0.4, 0.5) is 0 Å². The minimum Gasteiger partial charge on any atom is -0.488 e. The Morgan fingerprint density at radius 3 is 2.42 bits per heavy atom. The van der Waals surface area contributed by atoms with Crippen LogP contribution in [0.2, 0.25) is 0 Å². The molecule has 0 unspecified atom stereocenters. The number of pyridine rings is 1. The van der Waals surface area contributed by atoms with Crippen LogP contribution >= 0.6 is 0 Å². The summed E-state index contributed by atoms with van der Waals surface area (Å²) < 4.78 is 6.03. The minimum atomic E-state index is -0.0221. The summed E-state index contributed by atoms with van der Waals surface area (Å²) in [5.41, 5.74) is 2.60. The topological polar surface area (TPSA) is 63.2 Å². The molecule has 1 amide bonds. The van der Waals surface area contributed by atoms with Crippen molar-refractivity contribution in [2.24, 2.45) is 0 Å². The van der Waals surface area contributed by atoms with Crippen LogP contribution in [0.3, 0.4) is 0 Å². The Morgan fingerprint density at radius 2 is 1.71 bits per heavy atom. The first kappa shape index (κ1) is 21.3. The van der Waals surface area contributed by atoms with Gasteiger partial charge in [-0.3, -0.25) is 9.78 Å². The number of rotatable bonds is 5. The number of nitrogens with one attached hydrogen (secondary N) is 2. The van der Waals surface area contributed by atoms with Gasteiger partial charge in [0.1, 0.15) is 12.4 Å². The lowest BCUT2D eigenvalue weighted by Gasteiger charge is -2.46. The lowest BCUT2D eigenvalue weighted by Crippen LogP contribution is -2.62. The van der Waals surface area contributed by atoms with E-state index in [4.69, 9.17) is 4.74 Å². The van der Waals surface area contributed by atoms with Crippen molar-refractivity contribution in [1.29, 1.82) is 0 Å². The zero-order valence-corrected chi connectivity index (χ0v) is 18.7. The number of amides is 1. The van der Waals surface area contributed by atoms with E-state index in [-0.39, 0.29) is 23.0 Å². The van der Waals surface area contributed by atoms with E-state index in [0.29, 0.717) is 12.2 Å². The van der Waals surface area contributed by atoms with Gasteiger partial charge in [0.25, 0.3) is 5.91 Å². The first-order chi connectivity index (χ1) is 14.7. The van der Waals surface area contributed by atoms with Crippen molar-refractivity contribution < 1.29 is 9.53 Å². The minimum absolute atomic E-state index is 0.00196. The maximum absolute atomic E-state index is 12.8. The molecule has 2 heterocycles. The molecule has 162 valence electrons. The fourth-order valence-electron chi connectivity index (χ4n) is 4.80. The summed E-state index contributed by atoms with van der Waals surface area (Å²) in [4.78, 5) is 17.2. The first-order valence-electron chi connectivity index (χ1n) is 10.9. The molecule has 0 atom stereocenters. The molecule has 1 aliphatic heterocycles. The monoisotopic (exact) mass is 417 g/mol. The van der Waals surface area contributed by atoms with E-state index in [0.717, 1.165) is 35.1 Å². The van der Waals surface area contributed by atoms with Crippen LogP contribution in [0.1, 0.15) is 56.5 Å². The summed E-state index contributed by atoms with van der Waals surface area (Å²) in [7, 11) is 0. The smallest absolute Gasteiger partial charge is 0.251 e. The molecular weight excluding hydrogens is 386 g/mol. The molecule has 1 saturated heterocycles. The number of carbonyl (C=O) groups excluding carboxylic acids is 1. The van der Waals surface area contributed by atoms with Crippen LogP contribution in [0.5, 0.6) is 5.75 Å². The average Bonchev–Trinajstić information content (AvgIpc) is 2.70. The van der Waals surface area contributed by atoms with Gasteiger partial charge in [-0.05, 0) is 76.4 Å². The summed E-state index contributed by atoms with van der Waals surface area (Å²) >= 11 is 0. The van der Waals surface area contributed by atoms with Crippen molar-refractivity contribution in [3.63, 3.8) is 0 Å². The zero-order valence-electron chi connectivity index (χ0n) is 18.7. The molecule has 4 rings (SSSR count). The van der Waals surface area contributed by atoms with E-state index in [2.05, 4.69) is 43.3 Å². The van der Waals surface area contributed by atoms with Crippen LogP contribution in [-0.2, 0) is 6.61 Å². The van der Waals surface area contributed by atoms with Gasteiger partial charge in [0.2, 0.25) is 0 Å². The summed E-state index contributed by atoms with van der Waals surface area (Å²) in [6.45, 7) is 9.19. The molecule has 0 bridgehead atoms. The third-order valence-electron chi connectivity index (χ3n) is 5.74. The molecular formula is C26H31N3O2. The third-order valence-corrected chi connectivity index (χ3v) is 5.74. The highest BCUT2D eigenvalue weighted by Gasteiger charge is 2.38. The van der Waals surface area contributed by atoms with E-state index >= 15 is 0 Å². The van der Waals surface area contributed by atoms with Crippen LogP contribution in [0, 0.1) is 0 Å². The molecule has 1 aromatic heterocycles. The number of hydrogen-bond donors (Lipinski definition) is 2. The predicted octanol–water partition coefficient (Wildman–Crippen LogP) is 4.85. The predicted molar refractivity (Wildman–Crippen MR) is 124 cm³/mol. The van der Waals surface area contributed by atoms with Gasteiger partial charge in [0.15, 0.2) is 0 Å². The number of hydrogen-bond acceptors (Lipinski definition) is 4. The molecule has 31 heavy (non-hydrogen) atoms. The SMILES string of the molecule is CC1(C)CC(NC(=O)c2ccc(COc3ccnc4ccccc34)cc2)CC(C)(C)N1. The molecule has 0 saturated carbocycles. The number of benzene rings is 2. The second-order valence-corrected chi connectivity index (χ2v) is 9.78.